The molecule has 1 saturated heterocycles. The molecule has 2 rings (SSSR count). The van der Waals surface area contributed by atoms with E-state index in [0.29, 0.717) is 6.04 Å². The van der Waals surface area contributed by atoms with Gasteiger partial charge in [0.1, 0.15) is 5.75 Å². The van der Waals surface area contributed by atoms with Crippen molar-refractivity contribution < 1.29 is 4.74 Å². The van der Waals surface area contributed by atoms with Crippen molar-refractivity contribution in [1.29, 1.82) is 0 Å². The fourth-order valence-corrected chi connectivity index (χ4v) is 1.43. The van der Waals surface area contributed by atoms with Gasteiger partial charge in [0.2, 0.25) is 0 Å². The first-order chi connectivity index (χ1) is 6.90. The van der Waals surface area contributed by atoms with Crippen molar-refractivity contribution >= 4 is 0 Å². The highest BCUT2D eigenvalue weighted by Crippen LogP contribution is 2.23. The average Bonchev–Trinajstić information content (AvgIpc) is 3.03. The van der Waals surface area contributed by atoms with E-state index in [4.69, 9.17) is 4.74 Å². The number of unbranched alkanes of at least 4 members (excludes halogenated alkanes) is 1. The zero-order chi connectivity index (χ0) is 9.80. The molecular weight excluding hydrogens is 174 g/mol. The number of nitrogens with one attached hydrogen (secondary N) is 1. The molecule has 0 amide bonds. The molecule has 14 heavy (non-hydrogen) atoms. The van der Waals surface area contributed by atoms with Gasteiger partial charge in [0.25, 0.3) is 0 Å². The third-order valence-electron chi connectivity index (χ3n) is 2.46. The van der Waals surface area contributed by atoms with Gasteiger partial charge in [-0.25, -0.2) is 0 Å². The molecule has 1 fully saturated rings. The van der Waals surface area contributed by atoms with Crippen molar-refractivity contribution in [3.8, 4) is 5.75 Å². The normalized spacial score (nSPS) is 19.4. The van der Waals surface area contributed by atoms with Crippen LogP contribution in [0.1, 0.15) is 31.4 Å². The van der Waals surface area contributed by atoms with E-state index in [1.54, 1.807) is 0 Å². The van der Waals surface area contributed by atoms with Gasteiger partial charge in [-0.05, 0) is 24.1 Å². The molecule has 1 unspecified atom stereocenters. The smallest absolute Gasteiger partial charge is 0.119 e. The second kappa shape index (κ2) is 4.47. The molecule has 0 saturated carbocycles. The van der Waals surface area contributed by atoms with Crippen molar-refractivity contribution in [3.05, 3.63) is 29.8 Å². The van der Waals surface area contributed by atoms with E-state index in [-0.39, 0.29) is 0 Å². The molecule has 76 valence electrons. The molecule has 1 heterocycles. The first-order valence-corrected chi connectivity index (χ1v) is 5.36. The lowest BCUT2D eigenvalue weighted by molar-refractivity contribution is 0.309. The summed E-state index contributed by atoms with van der Waals surface area (Å²) in [5.41, 5.74) is 1.37. The largest absolute Gasteiger partial charge is 0.494 e. The lowest BCUT2D eigenvalue weighted by Gasteiger charge is -2.05. The molecule has 1 aromatic rings. The van der Waals surface area contributed by atoms with Crippen LogP contribution in [0.4, 0.5) is 0 Å². The fraction of sp³-hybridized carbons (Fsp3) is 0.500. The Kier molecular flexibility index (Phi) is 3.04. The van der Waals surface area contributed by atoms with Crippen LogP contribution >= 0.6 is 0 Å². The minimum atomic E-state index is 0.597. The minimum Gasteiger partial charge on any atom is -0.494 e. The summed E-state index contributed by atoms with van der Waals surface area (Å²) in [5.74, 6) is 0.989. The Bertz CT molecular complexity index is 277. The standard InChI is InChI=1S/C12H17NO/c1-2-3-8-14-11-6-4-10(5-7-11)12-9-13-12/h4-7,12-13H,2-3,8-9H2,1H3. The van der Waals surface area contributed by atoms with Crippen molar-refractivity contribution in [2.45, 2.75) is 25.8 Å². The van der Waals surface area contributed by atoms with Gasteiger partial charge in [-0.1, -0.05) is 25.5 Å². The van der Waals surface area contributed by atoms with Crippen LogP contribution in [0.15, 0.2) is 24.3 Å². The van der Waals surface area contributed by atoms with E-state index in [1.807, 2.05) is 0 Å². The maximum atomic E-state index is 5.58. The van der Waals surface area contributed by atoms with Crippen LogP contribution in [0, 0.1) is 0 Å². The Balaban J connectivity index is 1.86. The van der Waals surface area contributed by atoms with Gasteiger partial charge in [0, 0.05) is 12.6 Å². The molecule has 0 aromatic heterocycles. The number of rotatable bonds is 5. The van der Waals surface area contributed by atoms with Crippen molar-refractivity contribution in [2.24, 2.45) is 0 Å². The predicted molar refractivity (Wildman–Crippen MR) is 57.6 cm³/mol. The highest BCUT2D eigenvalue weighted by molar-refractivity contribution is 5.31. The molecule has 1 atom stereocenters. The first kappa shape index (κ1) is 9.53. The van der Waals surface area contributed by atoms with E-state index in [1.165, 1.54) is 12.0 Å². The Morgan fingerprint density at radius 1 is 1.36 bits per heavy atom. The van der Waals surface area contributed by atoms with Crippen LogP contribution in [-0.2, 0) is 0 Å². The molecule has 1 aliphatic heterocycles. The lowest BCUT2D eigenvalue weighted by atomic mass is 10.1. The summed E-state index contributed by atoms with van der Waals surface area (Å²) in [5, 5.41) is 3.28. The minimum absolute atomic E-state index is 0.597. The van der Waals surface area contributed by atoms with Gasteiger partial charge in [-0.2, -0.15) is 0 Å². The highest BCUT2D eigenvalue weighted by Gasteiger charge is 2.21. The predicted octanol–water partition coefficient (Wildman–Crippen LogP) is 2.51. The molecule has 1 N–H and O–H groups in total. The molecule has 1 aliphatic rings. The third-order valence-corrected chi connectivity index (χ3v) is 2.46. The van der Waals surface area contributed by atoms with Crippen molar-refractivity contribution in [1.82, 2.24) is 5.32 Å². The van der Waals surface area contributed by atoms with E-state index in [9.17, 15) is 0 Å². The molecule has 0 radical (unpaired) electrons. The zero-order valence-corrected chi connectivity index (χ0v) is 8.62. The van der Waals surface area contributed by atoms with Crippen molar-refractivity contribution in [2.75, 3.05) is 13.2 Å². The van der Waals surface area contributed by atoms with Gasteiger partial charge in [0.05, 0.1) is 6.61 Å². The van der Waals surface area contributed by atoms with E-state index < -0.39 is 0 Å². The average molecular weight is 191 g/mol. The summed E-state index contributed by atoms with van der Waals surface area (Å²) in [6.07, 6.45) is 2.32. The Hall–Kier alpha value is -1.02. The summed E-state index contributed by atoms with van der Waals surface area (Å²) in [4.78, 5) is 0. The molecule has 2 heteroatoms. The molecular formula is C12H17NO. The van der Waals surface area contributed by atoms with Gasteiger partial charge >= 0.3 is 0 Å². The zero-order valence-electron chi connectivity index (χ0n) is 8.62. The van der Waals surface area contributed by atoms with Crippen LogP contribution < -0.4 is 10.1 Å². The summed E-state index contributed by atoms with van der Waals surface area (Å²) in [6.45, 7) is 4.12. The second-order valence-corrected chi connectivity index (χ2v) is 3.73. The van der Waals surface area contributed by atoms with Crippen LogP contribution in [0.3, 0.4) is 0 Å². The first-order valence-electron chi connectivity index (χ1n) is 5.36. The molecule has 0 spiro atoms. The molecule has 2 nitrogen and oxygen atoms in total. The lowest BCUT2D eigenvalue weighted by Crippen LogP contribution is -1.96. The van der Waals surface area contributed by atoms with Crippen LogP contribution in [0.25, 0.3) is 0 Å². The molecule has 0 bridgehead atoms. The summed E-state index contributed by atoms with van der Waals surface area (Å²) >= 11 is 0. The van der Waals surface area contributed by atoms with Crippen LogP contribution in [0.5, 0.6) is 5.75 Å². The number of hydrogen-bond donors (Lipinski definition) is 1. The monoisotopic (exact) mass is 191 g/mol. The summed E-state index contributed by atoms with van der Waals surface area (Å²) in [7, 11) is 0. The molecule has 1 aromatic carbocycles. The van der Waals surface area contributed by atoms with Gasteiger partial charge in [0.15, 0.2) is 0 Å². The Morgan fingerprint density at radius 2 is 2.07 bits per heavy atom. The topological polar surface area (TPSA) is 31.2 Å². The van der Waals surface area contributed by atoms with E-state index in [2.05, 4.69) is 36.5 Å². The van der Waals surface area contributed by atoms with Crippen molar-refractivity contribution in [3.63, 3.8) is 0 Å². The van der Waals surface area contributed by atoms with E-state index in [0.717, 1.165) is 25.3 Å². The summed E-state index contributed by atoms with van der Waals surface area (Å²) < 4.78 is 5.58. The van der Waals surface area contributed by atoms with E-state index >= 15 is 0 Å². The Labute approximate surface area is 85.3 Å². The third kappa shape index (κ3) is 2.48. The van der Waals surface area contributed by atoms with Crippen LogP contribution in [-0.4, -0.2) is 13.2 Å². The molecule has 0 aliphatic carbocycles. The Morgan fingerprint density at radius 3 is 2.64 bits per heavy atom. The second-order valence-electron chi connectivity index (χ2n) is 3.73. The maximum Gasteiger partial charge on any atom is 0.119 e. The highest BCUT2D eigenvalue weighted by atomic mass is 16.5. The van der Waals surface area contributed by atoms with Gasteiger partial charge < -0.3 is 10.1 Å². The fourth-order valence-electron chi connectivity index (χ4n) is 1.43. The summed E-state index contributed by atoms with van der Waals surface area (Å²) in [6, 6.07) is 9.01. The SMILES string of the molecule is CCCCOc1ccc(C2CN2)cc1. The van der Waals surface area contributed by atoms with Gasteiger partial charge in [-0.3, -0.25) is 0 Å². The number of hydrogen-bond acceptors (Lipinski definition) is 2. The van der Waals surface area contributed by atoms with Crippen LogP contribution in [0.2, 0.25) is 0 Å². The number of benzene rings is 1. The number of ether oxygens (including phenoxy) is 1. The van der Waals surface area contributed by atoms with Gasteiger partial charge in [-0.15, -0.1) is 0 Å². The maximum absolute atomic E-state index is 5.58. The quantitative estimate of drug-likeness (QED) is 0.572.